The normalized spacial score (nSPS) is 27.1. The van der Waals surface area contributed by atoms with E-state index < -0.39 is 0 Å². The minimum atomic E-state index is -0.175. The summed E-state index contributed by atoms with van der Waals surface area (Å²) < 4.78 is 18.2. The largest absolute Gasteiger partial charge is 0.490 e. The number of alkyl halides is 1. The molecule has 0 amide bonds. The van der Waals surface area contributed by atoms with E-state index in [4.69, 9.17) is 25.8 Å². The van der Waals surface area contributed by atoms with Gasteiger partial charge in [0.1, 0.15) is 0 Å². The van der Waals surface area contributed by atoms with Crippen LogP contribution in [0.3, 0.4) is 0 Å². The van der Waals surface area contributed by atoms with Crippen LogP contribution in [0.4, 0.5) is 0 Å². The molecular weight excluding hydrogens is 344 g/mol. The first-order valence-corrected chi connectivity index (χ1v) is 8.26. The molecule has 3 unspecified atom stereocenters. The zero-order valence-electron chi connectivity index (χ0n) is 11.4. The van der Waals surface area contributed by atoms with Crippen molar-refractivity contribution in [3.8, 4) is 11.5 Å². The van der Waals surface area contributed by atoms with Crippen molar-refractivity contribution in [1.82, 2.24) is 0 Å². The van der Waals surface area contributed by atoms with Crippen LogP contribution in [-0.4, -0.2) is 25.4 Å². The molecule has 3 rings (SSSR count). The number of benzene rings is 1. The summed E-state index contributed by atoms with van der Waals surface area (Å²) in [5, 5.41) is -0.175. The summed E-state index contributed by atoms with van der Waals surface area (Å²) in [5.41, 5.74) is 1.01. The highest BCUT2D eigenvalue weighted by Gasteiger charge is 2.31. The van der Waals surface area contributed by atoms with Gasteiger partial charge in [0.05, 0.1) is 30.8 Å². The van der Waals surface area contributed by atoms with Crippen LogP contribution in [0, 0.1) is 0 Å². The van der Waals surface area contributed by atoms with Crippen molar-refractivity contribution in [2.45, 2.75) is 43.8 Å². The number of hydrogen-bond acceptors (Lipinski definition) is 3. The maximum Gasteiger partial charge on any atom is 0.162 e. The van der Waals surface area contributed by atoms with Crippen LogP contribution in [-0.2, 0) is 4.74 Å². The van der Waals surface area contributed by atoms with E-state index in [1.165, 1.54) is 0 Å². The van der Waals surface area contributed by atoms with Gasteiger partial charge in [0.25, 0.3) is 0 Å². The second-order valence-corrected chi connectivity index (χ2v) is 6.66. The lowest BCUT2D eigenvalue weighted by atomic mass is 10.0. The number of fused-ring (bicyclic) bond motifs is 1. The minimum Gasteiger partial charge on any atom is -0.490 e. The van der Waals surface area contributed by atoms with Gasteiger partial charge in [-0.2, -0.15) is 0 Å². The van der Waals surface area contributed by atoms with Gasteiger partial charge in [0, 0.05) is 10.9 Å². The summed E-state index contributed by atoms with van der Waals surface area (Å²) in [6.45, 7) is 3.46. The van der Waals surface area contributed by atoms with Crippen LogP contribution >= 0.6 is 27.5 Å². The fourth-order valence-corrected chi connectivity index (χ4v) is 3.73. The first-order chi connectivity index (χ1) is 9.65. The Morgan fingerprint density at radius 2 is 1.90 bits per heavy atom. The molecule has 0 radical (unpaired) electrons. The molecule has 5 heteroatoms. The second-order valence-electron chi connectivity index (χ2n) is 5.34. The van der Waals surface area contributed by atoms with Gasteiger partial charge in [-0.05, 0) is 37.5 Å². The van der Waals surface area contributed by atoms with Crippen LogP contribution in [0.5, 0.6) is 11.5 Å². The number of hydrogen-bond donors (Lipinski definition) is 0. The Morgan fingerprint density at radius 1 is 1.20 bits per heavy atom. The lowest BCUT2D eigenvalue weighted by Crippen LogP contribution is -2.15. The van der Waals surface area contributed by atoms with E-state index in [2.05, 4.69) is 22.9 Å². The van der Waals surface area contributed by atoms with E-state index in [0.29, 0.717) is 19.3 Å². The summed E-state index contributed by atoms with van der Waals surface area (Å²) in [4.78, 5) is 0. The molecule has 0 spiro atoms. The average molecular weight is 362 g/mol. The van der Waals surface area contributed by atoms with Gasteiger partial charge >= 0.3 is 0 Å². The lowest BCUT2D eigenvalue weighted by molar-refractivity contribution is 0.0532. The van der Waals surface area contributed by atoms with Crippen molar-refractivity contribution in [1.29, 1.82) is 0 Å². The molecule has 1 aromatic carbocycles. The lowest BCUT2D eigenvalue weighted by Gasteiger charge is -2.20. The topological polar surface area (TPSA) is 27.7 Å². The van der Waals surface area contributed by atoms with Gasteiger partial charge in [-0.25, -0.2) is 0 Å². The van der Waals surface area contributed by atoms with Crippen molar-refractivity contribution >= 4 is 27.5 Å². The van der Waals surface area contributed by atoms with Crippen molar-refractivity contribution in [3.05, 3.63) is 22.2 Å². The Bertz CT molecular complexity index is 494. The van der Waals surface area contributed by atoms with E-state index in [1.807, 2.05) is 12.1 Å². The summed E-state index contributed by atoms with van der Waals surface area (Å²) in [7, 11) is 0. The Labute approximate surface area is 132 Å². The van der Waals surface area contributed by atoms with E-state index >= 15 is 0 Å². The Kier molecular flexibility index (Phi) is 4.43. The number of rotatable bonds is 2. The molecule has 0 aliphatic carbocycles. The van der Waals surface area contributed by atoms with Gasteiger partial charge in [-0.3, -0.25) is 0 Å². The maximum atomic E-state index is 6.62. The molecule has 3 nitrogen and oxygen atoms in total. The highest BCUT2D eigenvalue weighted by molar-refractivity contribution is 9.10. The number of ether oxygens (including phenoxy) is 3. The second kappa shape index (κ2) is 6.12. The van der Waals surface area contributed by atoms with E-state index in [-0.39, 0.29) is 11.5 Å². The standard InChI is InChI=1S/C15H18BrClO3/c1-9-3-4-12(20-9)15(17)10-7-13-14(8-11(10)16)19-6-2-5-18-13/h7-9,12,15H,2-6H2,1H3. The first kappa shape index (κ1) is 14.5. The Hall–Kier alpha value is -0.450. The van der Waals surface area contributed by atoms with E-state index in [0.717, 1.165) is 40.8 Å². The van der Waals surface area contributed by atoms with Gasteiger partial charge in [-0.15, -0.1) is 11.6 Å². The third-order valence-electron chi connectivity index (χ3n) is 3.76. The fraction of sp³-hybridized carbons (Fsp3) is 0.600. The van der Waals surface area contributed by atoms with Crippen molar-refractivity contribution < 1.29 is 14.2 Å². The van der Waals surface area contributed by atoms with E-state index in [9.17, 15) is 0 Å². The number of halogens is 2. The fourth-order valence-electron chi connectivity index (χ4n) is 2.66. The molecule has 2 aliphatic rings. The van der Waals surface area contributed by atoms with Crippen molar-refractivity contribution in [2.75, 3.05) is 13.2 Å². The molecule has 0 aromatic heterocycles. The molecule has 3 atom stereocenters. The van der Waals surface area contributed by atoms with Crippen LogP contribution < -0.4 is 9.47 Å². The summed E-state index contributed by atoms with van der Waals surface area (Å²) in [6, 6.07) is 3.93. The minimum absolute atomic E-state index is 0.0627. The van der Waals surface area contributed by atoms with Gasteiger partial charge in [0.2, 0.25) is 0 Å². The predicted molar refractivity (Wildman–Crippen MR) is 81.9 cm³/mol. The summed E-state index contributed by atoms with van der Waals surface area (Å²) in [5.74, 6) is 1.56. The predicted octanol–water partition coefficient (Wildman–Crippen LogP) is 4.46. The molecular formula is C15H18BrClO3. The maximum absolute atomic E-state index is 6.62. The molecule has 2 aliphatic heterocycles. The highest BCUT2D eigenvalue weighted by Crippen LogP contribution is 2.43. The SMILES string of the molecule is CC1CCC(C(Cl)c2cc3c(cc2Br)OCCCO3)O1. The van der Waals surface area contributed by atoms with E-state index in [1.54, 1.807) is 0 Å². The molecule has 1 aromatic rings. The Balaban J connectivity index is 1.87. The zero-order valence-corrected chi connectivity index (χ0v) is 13.7. The average Bonchev–Trinajstić information content (AvgIpc) is 2.73. The third kappa shape index (κ3) is 2.92. The molecule has 2 heterocycles. The molecule has 0 N–H and O–H groups in total. The summed E-state index contributed by atoms with van der Waals surface area (Å²) >= 11 is 10.2. The van der Waals surface area contributed by atoms with Crippen LogP contribution in [0.1, 0.15) is 37.1 Å². The smallest absolute Gasteiger partial charge is 0.162 e. The van der Waals surface area contributed by atoms with Crippen LogP contribution in [0.2, 0.25) is 0 Å². The Morgan fingerprint density at radius 3 is 2.55 bits per heavy atom. The third-order valence-corrected chi connectivity index (χ3v) is 4.96. The van der Waals surface area contributed by atoms with Gasteiger partial charge in [0.15, 0.2) is 11.5 Å². The first-order valence-electron chi connectivity index (χ1n) is 7.03. The molecule has 1 saturated heterocycles. The molecule has 110 valence electrons. The van der Waals surface area contributed by atoms with Crippen molar-refractivity contribution in [2.24, 2.45) is 0 Å². The molecule has 20 heavy (non-hydrogen) atoms. The molecule has 1 fully saturated rings. The highest BCUT2D eigenvalue weighted by atomic mass is 79.9. The van der Waals surface area contributed by atoms with Gasteiger partial charge < -0.3 is 14.2 Å². The van der Waals surface area contributed by atoms with Crippen molar-refractivity contribution in [3.63, 3.8) is 0 Å². The quantitative estimate of drug-likeness (QED) is 0.728. The van der Waals surface area contributed by atoms with Crippen LogP contribution in [0.15, 0.2) is 16.6 Å². The molecule has 0 saturated carbocycles. The van der Waals surface area contributed by atoms with Gasteiger partial charge in [-0.1, -0.05) is 15.9 Å². The zero-order chi connectivity index (χ0) is 14.1. The molecule has 0 bridgehead atoms. The monoisotopic (exact) mass is 360 g/mol. The summed E-state index contributed by atoms with van der Waals surface area (Å²) in [6.07, 6.45) is 3.31. The van der Waals surface area contributed by atoms with Crippen LogP contribution in [0.25, 0.3) is 0 Å².